The van der Waals surface area contributed by atoms with E-state index in [1.807, 2.05) is 18.2 Å². The number of piperazine rings is 1. The highest BCUT2D eigenvalue weighted by Gasteiger charge is 2.20. The van der Waals surface area contributed by atoms with Crippen molar-refractivity contribution in [1.82, 2.24) is 20.0 Å². The van der Waals surface area contributed by atoms with Gasteiger partial charge in [-0.25, -0.2) is 0 Å². The van der Waals surface area contributed by atoms with Gasteiger partial charge in [0.25, 0.3) is 0 Å². The molecule has 0 bridgehead atoms. The SMILES string of the molecule is CCNC(=NCC(C)N1CCN(CC)CC1)N(C)Cc1ccc(Cl)c(Cl)c1.I. The fourth-order valence-electron chi connectivity index (χ4n) is 3.31. The molecule has 0 aliphatic carbocycles. The normalized spacial score (nSPS) is 17.1. The van der Waals surface area contributed by atoms with E-state index in [9.17, 15) is 0 Å². The smallest absolute Gasteiger partial charge is 0.194 e. The summed E-state index contributed by atoms with van der Waals surface area (Å²) in [4.78, 5) is 12.1. The van der Waals surface area contributed by atoms with Gasteiger partial charge in [-0.15, -0.1) is 24.0 Å². The van der Waals surface area contributed by atoms with Crippen LogP contribution in [0.5, 0.6) is 0 Å². The Morgan fingerprint density at radius 2 is 1.86 bits per heavy atom. The van der Waals surface area contributed by atoms with Gasteiger partial charge in [-0.1, -0.05) is 36.2 Å². The predicted molar refractivity (Wildman–Crippen MR) is 132 cm³/mol. The maximum atomic E-state index is 6.14. The van der Waals surface area contributed by atoms with Crippen LogP contribution in [0.2, 0.25) is 10.0 Å². The summed E-state index contributed by atoms with van der Waals surface area (Å²) in [5.41, 5.74) is 1.11. The summed E-state index contributed by atoms with van der Waals surface area (Å²) in [5, 5.41) is 4.56. The van der Waals surface area contributed by atoms with Crippen LogP contribution in [0.1, 0.15) is 26.3 Å². The van der Waals surface area contributed by atoms with E-state index in [4.69, 9.17) is 28.2 Å². The fourth-order valence-corrected chi connectivity index (χ4v) is 3.63. The molecule has 0 saturated carbocycles. The van der Waals surface area contributed by atoms with E-state index in [1.54, 1.807) is 0 Å². The van der Waals surface area contributed by atoms with E-state index in [0.717, 1.165) is 63.9 Å². The van der Waals surface area contributed by atoms with Gasteiger partial charge in [0.2, 0.25) is 0 Å². The molecule has 1 aliphatic rings. The lowest BCUT2D eigenvalue weighted by Crippen LogP contribution is -2.50. The monoisotopic (exact) mass is 541 g/mol. The Labute approximate surface area is 197 Å². The molecule has 0 amide bonds. The summed E-state index contributed by atoms with van der Waals surface area (Å²) < 4.78 is 0. The standard InChI is InChI=1S/C20H33Cl2N5.HI/c1-5-23-20(25(4)15-17-7-8-18(21)19(22)13-17)24-14-16(3)27-11-9-26(6-2)10-12-27;/h7-8,13,16H,5-6,9-12,14-15H2,1-4H3,(H,23,24);1H. The average molecular weight is 542 g/mol. The largest absolute Gasteiger partial charge is 0.357 e. The first-order valence-electron chi connectivity index (χ1n) is 9.84. The molecule has 0 radical (unpaired) electrons. The van der Waals surface area contributed by atoms with Crippen LogP contribution < -0.4 is 5.32 Å². The third-order valence-electron chi connectivity index (χ3n) is 5.08. The van der Waals surface area contributed by atoms with Gasteiger partial charge in [0, 0.05) is 52.4 Å². The minimum absolute atomic E-state index is 0. The first-order valence-corrected chi connectivity index (χ1v) is 10.6. The molecular weight excluding hydrogens is 508 g/mol. The van der Waals surface area contributed by atoms with Crippen molar-refractivity contribution in [3.63, 3.8) is 0 Å². The molecule has 160 valence electrons. The average Bonchev–Trinajstić information content (AvgIpc) is 2.67. The first kappa shape index (κ1) is 25.8. The molecule has 1 heterocycles. The number of hydrogen-bond acceptors (Lipinski definition) is 3. The molecule has 5 nitrogen and oxygen atoms in total. The Balaban J connectivity index is 0.00000392. The lowest BCUT2D eigenvalue weighted by atomic mass is 10.2. The van der Waals surface area contributed by atoms with Crippen LogP contribution >= 0.6 is 47.2 Å². The van der Waals surface area contributed by atoms with E-state index in [-0.39, 0.29) is 24.0 Å². The molecule has 28 heavy (non-hydrogen) atoms. The van der Waals surface area contributed by atoms with E-state index < -0.39 is 0 Å². The van der Waals surface area contributed by atoms with Crippen molar-refractivity contribution in [1.29, 1.82) is 0 Å². The Kier molecular flexibility index (Phi) is 12.1. The second-order valence-electron chi connectivity index (χ2n) is 7.12. The maximum Gasteiger partial charge on any atom is 0.194 e. The van der Waals surface area contributed by atoms with Gasteiger partial charge in [-0.2, -0.15) is 0 Å². The number of benzene rings is 1. The fraction of sp³-hybridized carbons (Fsp3) is 0.650. The number of halogens is 3. The first-order chi connectivity index (χ1) is 12.9. The van der Waals surface area contributed by atoms with Crippen LogP contribution in [0, 0.1) is 0 Å². The number of nitrogens with one attached hydrogen (secondary N) is 1. The summed E-state index contributed by atoms with van der Waals surface area (Å²) >= 11 is 12.2. The molecule has 0 aromatic heterocycles. The molecule has 2 rings (SSSR count). The highest BCUT2D eigenvalue weighted by Crippen LogP contribution is 2.23. The summed E-state index contributed by atoms with van der Waals surface area (Å²) in [6.45, 7) is 14.7. The second kappa shape index (κ2) is 13.1. The number of guanidine groups is 1. The van der Waals surface area contributed by atoms with Gasteiger partial charge in [0.15, 0.2) is 5.96 Å². The number of aliphatic imine (C=N–C) groups is 1. The third kappa shape index (κ3) is 7.86. The summed E-state index contributed by atoms with van der Waals surface area (Å²) in [6, 6.07) is 6.20. The molecule has 0 spiro atoms. The third-order valence-corrected chi connectivity index (χ3v) is 5.82. The van der Waals surface area contributed by atoms with E-state index >= 15 is 0 Å². The number of rotatable bonds is 7. The van der Waals surface area contributed by atoms with Gasteiger partial charge in [0.05, 0.1) is 16.6 Å². The summed E-state index contributed by atoms with van der Waals surface area (Å²) in [7, 11) is 2.05. The van der Waals surface area contributed by atoms with E-state index in [0.29, 0.717) is 16.1 Å². The topological polar surface area (TPSA) is 34.1 Å². The van der Waals surface area contributed by atoms with Crippen molar-refractivity contribution in [2.24, 2.45) is 4.99 Å². The number of hydrogen-bond donors (Lipinski definition) is 1. The second-order valence-corrected chi connectivity index (χ2v) is 7.93. The predicted octanol–water partition coefficient (Wildman–Crippen LogP) is 4.03. The molecule has 1 fully saturated rings. The minimum atomic E-state index is 0. The minimum Gasteiger partial charge on any atom is -0.357 e. The molecule has 1 unspecified atom stereocenters. The van der Waals surface area contributed by atoms with Crippen LogP contribution in [0.15, 0.2) is 23.2 Å². The Morgan fingerprint density at radius 3 is 2.43 bits per heavy atom. The Bertz CT molecular complexity index is 621. The van der Waals surface area contributed by atoms with Crippen LogP contribution in [-0.2, 0) is 6.54 Å². The number of nitrogens with zero attached hydrogens (tertiary/aromatic N) is 4. The van der Waals surface area contributed by atoms with Crippen molar-refractivity contribution in [3.05, 3.63) is 33.8 Å². The summed E-state index contributed by atoms with van der Waals surface area (Å²) in [5.74, 6) is 0.919. The van der Waals surface area contributed by atoms with Gasteiger partial charge >= 0.3 is 0 Å². The van der Waals surface area contributed by atoms with Crippen LogP contribution in [0.4, 0.5) is 0 Å². The molecule has 1 aromatic rings. The highest BCUT2D eigenvalue weighted by molar-refractivity contribution is 14.0. The zero-order valence-corrected chi connectivity index (χ0v) is 21.3. The Hall–Kier alpha value is -0.280. The quantitative estimate of drug-likeness (QED) is 0.321. The van der Waals surface area contributed by atoms with E-state index in [2.05, 4.69) is 47.8 Å². The van der Waals surface area contributed by atoms with E-state index in [1.165, 1.54) is 0 Å². The lowest BCUT2D eigenvalue weighted by molar-refractivity contribution is 0.109. The van der Waals surface area contributed by atoms with Gasteiger partial charge in [-0.3, -0.25) is 9.89 Å². The maximum absolute atomic E-state index is 6.14. The van der Waals surface area contributed by atoms with Crippen LogP contribution in [0.25, 0.3) is 0 Å². The zero-order valence-electron chi connectivity index (χ0n) is 17.4. The molecule has 1 aliphatic heterocycles. The van der Waals surface area contributed by atoms with Crippen molar-refractivity contribution in [2.45, 2.75) is 33.4 Å². The van der Waals surface area contributed by atoms with Crippen molar-refractivity contribution in [3.8, 4) is 0 Å². The molecule has 8 heteroatoms. The van der Waals surface area contributed by atoms with Crippen molar-refractivity contribution < 1.29 is 0 Å². The molecule has 1 aromatic carbocycles. The van der Waals surface area contributed by atoms with Crippen molar-refractivity contribution >= 4 is 53.1 Å². The van der Waals surface area contributed by atoms with Crippen molar-refractivity contribution in [2.75, 3.05) is 52.9 Å². The number of likely N-dealkylation sites (N-methyl/N-ethyl adjacent to an activating group) is 1. The lowest BCUT2D eigenvalue weighted by Gasteiger charge is -2.37. The molecule has 1 saturated heterocycles. The van der Waals surface area contributed by atoms with Crippen LogP contribution in [-0.4, -0.2) is 79.6 Å². The Morgan fingerprint density at radius 1 is 1.18 bits per heavy atom. The van der Waals surface area contributed by atoms with Gasteiger partial charge in [0.1, 0.15) is 0 Å². The molecule has 1 atom stereocenters. The molecular formula is C20H34Cl2IN5. The van der Waals surface area contributed by atoms with Gasteiger partial charge < -0.3 is 15.1 Å². The summed E-state index contributed by atoms with van der Waals surface area (Å²) in [6.07, 6.45) is 0. The van der Waals surface area contributed by atoms with Gasteiger partial charge in [-0.05, 0) is 38.1 Å². The van der Waals surface area contributed by atoms with Crippen LogP contribution in [0.3, 0.4) is 0 Å². The molecule has 1 N–H and O–H groups in total. The highest BCUT2D eigenvalue weighted by atomic mass is 127. The zero-order chi connectivity index (χ0) is 19.8.